The summed E-state index contributed by atoms with van der Waals surface area (Å²) < 4.78 is 5.35. The number of hydrogen-bond acceptors (Lipinski definition) is 2. The maximum Gasteiger partial charge on any atom is 0.209 e. The second-order valence-corrected chi connectivity index (χ2v) is 4.84. The van der Waals surface area contributed by atoms with Crippen molar-refractivity contribution < 1.29 is 9.53 Å². The van der Waals surface area contributed by atoms with Crippen LogP contribution in [0.2, 0.25) is 0 Å². The fraction of sp³-hybridized carbons (Fsp3) is 0.462. The first-order valence-corrected chi connectivity index (χ1v) is 5.36. The predicted octanol–water partition coefficient (Wildman–Crippen LogP) is 2.37. The fourth-order valence-corrected chi connectivity index (χ4v) is 1.73. The Morgan fingerprint density at radius 2 is 2.06 bits per heavy atom. The number of nitrogens with one attached hydrogen (secondary N) is 1. The third kappa shape index (κ3) is 3.26. The highest BCUT2D eigenvalue weighted by molar-refractivity contribution is 5.45. The molecular weight excluding hydrogens is 202 g/mol. The molecule has 0 saturated carbocycles. The van der Waals surface area contributed by atoms with E-state index in [0.29, 0.717) is 6.41 Å². The summed E-state index contributed by atoms with van der Waals surface area (Å²) in [6, 6.07) is 6.00. The standard InChI is InChI=1S/C13H19NO2/c1-10-7-11(16-9-14-8-15)5-6-12(10)13(2,3)4/h5-8H,9H2,1-4H3,(H,14,15). The van der Waals surface area contributed by atoms with Crippen LogP contribution in [0.15, 0.2) is 18.2 Å². The van der Waals surface area contributed by atoms with Gasteiger partial charge in [-0.2, -0.15) is 0 Å². The average Bonchev–Trinajstić information content (AvgIpc) is 2.16. The van der Waals surface area contributed by atoms with E-state index in [0.717, 1.165) is 5.75 Å². The van der Waals surface area contributed by atoms with Gasteiger partial charge < -0.3 is 10.1 Å². The predicted molar refractivity (Wildman–Crippen MR) is 64.6 cm³/mol. The molecule has 0 aliphatic rings. The van der Waals surface area contributed by atoms with E-state index in [9.17, 15) is 4.79 Å². The van der Waals surface area contributed by atoms with E-state index in [4.69, 9.17) is 4.74 Å². The second-order valence-electron chi connectivity index (χ2n) is 4.84. The quantitative estimate of drug-likeness (QED) is 0.481. The monoisotopic (exact) mass is 221 g/mol. The SMILES string of the molecule is Cc1cc(OCNC=O)ccc1C(C)(C)C. The number of benzene rings is 1. The second kappa shape index (κ2) is 5.01. The van der Waals surface area contributed by atoms with Crippen LogP contribution >= 0.6 is 0 Å². The first-order chi connectivity index (χ1) is 7.45. The topological polar surface area (TPSA) is 38.3 Å². The van der Waals surface area contributed by atoms with Gasteiger partial charge in [-0.25, -0.2) is 0 Å². The van der Waals surface area contributed by atoms with Crippen LogP contribution in [-0.2, 0) is 10.2 Å². The van der Waals surface area contributed by atoms with Gasteiger partial charge in [0.15, 0.2) is 6.73 Å². The first kappa shape index (κ1) is 12.6. The van der Waals surface area contributed by atoms with E-state index in [-0.39, 0.29) is 12.1 Å². The molecule has 0 saturated heterocycles. The van der Waals surface area contributed by atoms with E-state index in [1.807, 2.05) is 12.1 Å². The van der Waals surface area contributed by atoms with Gasteiger partial charge in [0, 0.05) is 0 Å². The molecule has 1 N–H and O–H groups in total. The number of rotatable bonds is 4. The van der Waals surface area contributed by atoms with Crippen molar-refractivity contribution in [1.82, 2.24) is 5.32 Å². The highest BCUT2D eigenvalue weighted by Gasteiger charge is 2.16. The molecule has 1 amide bonds. The lowest BCUT2D eigenvalue weighted by Gasteiger charge is -2.22. The molecule has 0 heterocycles. The maximum absolute atomic E-state index is 10.1. The van der Waals surface area contributed by atoms with Crippen molar-refractivity contribution in [2.45, 2.75) is 33.1 Å². The van der Waals surface area contributed by atoms with E-state index < -0.39 is 0 Å². The zero-order valence-corrected chi connectivity index (χ0v) is 10.3. The zero-order valence-electron chi connectivity index (χ0n) is 10.3. The normalized spacial score (nSPS) is 11.0. The molecule has 3 heteroatoms. The fourth-order valence-electron chi connectivity index (χ4n) is 1.73. The minimum Gasteiger partial charge on any atom is -0.473 e. The summed E-state index contributed by atoms with van der Waals surface area (Å²) in [4.78, 5) is 10.1. The summed E-state index contributed by atoms with van der Waals surface area (Å²) in [6.07, 6.45) is 0.621. The van der Waals surface area contributed by atoms with Crippen LogP contribution in [0, 0.1) is 6.92 Å². The van der Waals surface area contributed by atoms with Gasteiger partial charge in [-0.15, -0.1) is 0 Å². The van der Waals surface area contributed by atoms with Crippen molar-refractivity contribution in [3.05, 3.63) is 29.3 Å². The highest BCUT2D eigenvalue weighted by atomic mass is 16.5. The van der Waals surface area contributed by atoms with E-state index in [1.165, 1.54) is 11.1 Å². The van der Waals surface area contributed by atoms with Crippen molar-refractivity contribution in [1.29, 1.82) is 0 Å². The van der Waals surface area contributed by atoms with Crippen molar-refractivity contribution in [2.75, 3.05) is 6.73 Å². The van der Waals surface area contributed by atoms with Gasteiger partial charge in [0.1, 0.15) is 5.75 Å². The van der Waals surface area contributed by atoms with Gasteiger partial charge in [0.25, 0.3) is 0 Å². The lowest BCUT2D eigenvalue weighted by molar-refractivity contribution is -0.110. The molecule has 0 unspecified atom stereocenters. The van der Waals surface area contributed by atoms with Crippen LogP contribution in [0.5, 0.6) is 5.75 Å². The van der Waals surface area contributed by atoms with Gasteiger partial charge in [0.2, 0.25) is 6.41 Å². The average molecular weight is 221 g/mol. The maximum atomic E-state index is 10.1. The van der Waals surface area contributed by atoms with Crippen LogP contribution in [0.25, 0.3) is 0 Å². The Hall–Kier alpha value is -1.51. The molecule has 0 atom stereocenters. The lowest BCUT2D eigenvalue weighted by atomic mass is 9.84. The minimum atomic E-state index is 0.143. The van der Waals surface area contributed by atoms with Gasteiger partial charge in [-0.3, -0.25) is 4.79 Å². The Labute approximate surface area is 96.8 Å². The third-order valence-corrected chi connectivity index (χ3v) is 2.41. The van der Waals surface area contributed by atoms with Crippen LogP contribution < -0.4 is 10.1 Å². The molecule has 0 spiro atoms. The zero-order chi connectivity index (χ0) is 12.2. The van der Waals surface area contributed by atoms with Crippen LogP contribution in [0.1, 0.15) is 31.9 Å². The molecule has 0 bridgehead atoms. The summed E-state index contributed by atoms with van der Waals surface area (Å²) in [7, 11) is 0. The lowest BCUT2D eigenvalue weighted by Crippen LogP contribution is -2.18. The summed E-state index contributed by atoms with van der Waals surface area (Å²) in [5.74, 6) is 0.778. The van der Waals surface area contributed by atoms with Crippen molar-refractivity contribution in [2.24, 2.45) is 0 Å². The molecule has 0 aliphatic carbocycles. The summed E-state index contributed by atoms with van der Waals surface area (Å²) >= 11 is 0. The molecule has 1 aromatic rings. The minimum absolute atomic E-state index is 0.143. The Morgan fingerprint density at radius 3 is 2.56 bits per heavy atom. The Balaban J connectivity index is 2.79. The first-order valence-electron chi connectivity index (χ1n) is 5.36. The third-order valence-electron chi connectivity index (χ3n) is 2.41. The van der Waals surface area contributed by atoms with Crippen molar-refractivity contribution >= 4 is 6.41 Å². The highest BCUT2D eigenvalue weighted by Crippen LogP contribution is 2.28. The Morgan fingerprint density at radius 1 is 1.38 bits per heavy atom. The molecule has 16 heavy (non-hydrogen) atoms. The number of hydrogen-bond donors (Lipinski definition) is 1. The molecule has 0 fully saturated rings. The molecule has 0 aliphatic heterocycles. The van der Waals surface area contributed by atoms with Crippen LogP contribution in [0.3, 0.4) is 0 Å². The summed E-state index contributed by atoms with van der Waals surface area (Å²) in [5.41, 5.74) is 2.66. The summed E-state index contributed by atoms with van der Waals surface area (Å²) in [5, 5.41) is 2.46. The smallest absolute Gasteiger partial charge is 0.209 e. The van der Waals surface area contributed by atoms with Gasteiger partial charge in [-0.1, -0.05) is 26.8 Å². The van der Waals surface area contributed by atoms with E-state index in [2.05, 4.69) is 39.1 Å². The Bertz CT molecular complexity index is 367. The van der Waals surface area contributed by atoms with Gasteiger partial charge in [-0.05, 0) is 35.6 Å². The van der Waals surface area contributed by atoms with E-state index in [1.54, 1.807) is 0 Å². The Kier molecular flexibility index (Phi) is 3.93. The van der Waals surface area contributed by atoms with Crippen molar-refractivity contribution in [3.8, 4) is 5.75 Å². The number of carbonyl (C=O) groups is 1. The number of ether oxygens (including phenoxy) is 1. The number of carbonyl (C=O) groups excluding carboxylic acids is 1. The molecule has 0 aromatic heterocycles. The van der Waals surface area contributed by atoms with Gasteiger partial charge >= 0.3 is 0 Å². The molecule has 1 aromatic carbocycles. The molecule has 1 rings (SSSR count). The largest absolute Gasteiger partial charge is 0.473 e. The molecule has 88 valence electrons. The number of aryl methyl sites for hydroxylation is 1. The number of amides is 1. The van der Waals surface area contributed by atoms with Crippen LogP contribution in [0.4, 0.5) is 0 Å². The van der Waals surface area contributed by atoms with Crippen LogP contribution in [-0.4, -0.2) is 13.1 Å². The van der Waals surface area contributed by atoms with Gasteiger partial charge in [0.05, 0.1) is 0 Å². The van der Waals surface area contributed by atoms with E-state index >= 15 is 0 Å². The molecule has 0 radical (unpaired) electrons. The summed E-state index contributed by atoms with van der Waals surface area (Å²) in [6.45, 7) is 8.83. The van der Waals surface area contributed by atoms with Crippen molar-refractivity contribution in [3.63, 3.8) is 0 Å². The molecule has 3 nitrogen and oxygen atoms in total. The molecular formula is C13H19NO2.